The number of hydrogen-bond donors (Lipinski definition) is 1. The summed E-state index contributed by atoms with van der Waals surface area (Å²) >= 11 is 0. The Balaban J connectivity index is 1.79. The Morgan fingerprint density at radius 3 is 3.15 bits per heavy atom. The molecule has 1 N–H and O–H groups in total. The lowest BCUT2D eigenvalue weighted by molar-refractivity contribution is -0.117. The molecule has 1 aliphatic heterocycles. The molecular weight excluding hydrogens is 166 g/mol. The maximum Gasteiger partial charge on any atom is 0.250 e. The second-order valence-electron chi connectivity index (χ2n) is 3.75. The van der Waals surface area contributed by atoms with Gasteiger partial charge in [0.05, 0.1) is 18.4 Å². The molecule has 1 saturated carbocycles. The molecule has 0 saturated heterocycles. The molecule has 0 unspecified atom stereocenters. The van der Waals surface area contributed by atoms with Crippen LogP contribution in [0.15, 0.2) is 11.8 Å². The molecule has 2 atom stereocenters. The van der Waals surface area contributed by atoms with Crippen LogP contribution >= 0.6 is 0 Å². The zero-order chi connectivity index (χ0) is 9.26. The Labute approximate surface area is 78.1 Å². The van der Waals surface area contributed by atoms with Crippen molar-refractivity contribution < 1.29 is 9.53 Å². The molecule has 0 radical (unpaired) electrons. The SMILES string of the molecule is CC[C@@H]1C[C@H]1NC(=O)C1=COCC1. The van der Waals surface area contributed by atoms with E-state index in [1.54, 1.807) is 6.26 Å². The monoisotopic (exact) mass is 181 g/mol. The number of carbonyl (C=O) groups is 1. The Bertz CT molecular complexity index is 247. The summed E-state index contributed by atoms with van der Waals surface area (Å²) in [6.07, 6.45) is 4.66. The number of rotatable bonds is 3. The van der Waals surface area contributed by atoms with E-state index in [4.69, 9.17) is 4.74 Å². The Hall–Kier alpha value is -0.990. The van der Waals surface area contributed by atoms with Crippen molar-refractivity contribution in [3.8, 4) is 0 Å². The van der Waals surface area contributed by atoms with Crippen molar-refractivity contribution in [2.24, 2.45) is 5.92 Å². The van der Waals surface area contributed by atoms with Crippen molar-refractivity contribution in [3.63, 3.8) is 0 Å². The zero-order valence-electron chi connectivity index (χ0n) is 7.88. The van der Waals surface area contributed by atoms with Gasteiger partial charge < -0.3 is 10.1 Å². The van der Waals surface area contributed by atoms with Gasteiger partial charge in [-0.15, -0.1) is 0 Å². The lowest BCUT2D eigenvalue weighted by Gasteiger charge is -2.02. The summed E-state index contributed by atoms with van der Waals surface area (Å²) < 4.78 is 5.01. The molecule has 13 heavy (non-hydrogen) atoms. The molecule has 3 nitrogen and oxygen atoms in total. The van der Waals surface area contributed by atoms with Crippen LogP contribution in [0.3, 0.4) is 0 Å². The minimum Gasteiger partial charge on any atom is -0.500 e. The highest BCUT2D eigenvalue weighted by molar-refractivity contribution is 5.93. The van der Waals surface area contributed by atoms with Gasteiger partial charge in [0.15, 0.2) is 0 Å². The fourth-order valence-electron chi connectivity index (χ4n) is 1.69. The van der Waals surface area contributed by atoms with Crippen LogP contribution in [0.25, 0.3) is 0 Å². The minimum absolute atomic E-state index is 0.0680. The predicted molar refractivity (Wildman–Crippen MR) is 49.0 cm³/mol. The van der Waals surface area contributed by atoms with E-state index in [1.807, 2.05) is 0 Å². The Kier molecular flexibility index (Phi) is 2.25. The van der Waals surface area contributed by atoms with Gasteiger partial charge in [-0.25, -0.2) is 0 Å². The second kappa shape index (κ2) is 3.40. The van der Waals surface area contributed by atoms with Crippen molar-refractivity contribution in [3.05, 3.63) is 11.8 Å². The van der Waals surface area contributed by atoms with Crippen molar-refractivity contribution in [2.45, 2.75) is 32.2 Å². The van der Waals surface area contributed by atoms with E-state index in [0.29, 0.717) is 18.6 Å². The predicted octanol–water partition coefficient (Wildman–Crippen LogP) is 1.21. The van der Waals surface area contributed by atoms with E-state index in [-0.39, 0.29) is 5.91 Å². The molecule has 1 aliphatic carbocycles. The number of nitrogens with one attached hydrogen (secondary N) is 1. The molecule has 0 bridgehead atoms. The highest BCUT2D eigenvalue weighted by Crippen LogP contribution is 2.33. The number of carbonyl (C=O) groups excluding carboxylic acids is 1. The standard InChI is InChI=1S/C10H15NO2/c1-2-7-5-9(7)11-10(12)8-3-4-13-6-8/h6-7,9H,2-5H2,1H3,(H,11,12)/t7-,9-/m1/s1. The topological polar surface area (TPSA) is 38.3 Å². The zero-order valence-corrected chi connectivity index (χ0v) is 7.88. The maximum atomic E-state index is 11.5. The van der Waals surface area contributed by atoms with Gasteiger partial charge in [0.2, 0.25) is 0 Å². The maximum absolute atomic E-state index is 11.5. The molecule has 0 spiro atoms. The molecule has 0 aromatic carbocycles. The normalized spacial score (nSPS) is 30.7. The summed E-state index contributed by atoms with van der Waals surface area (Å²) in [7, 11) is 0. The van der Waals surface area contributed by atoms with Gasteiger partial charge in [-0.1, -0.05) is 13.3 Å². The molecule has 1 fully saturated rings. The Morgan fingerprint density at radius 2 is 2.62 bits per heavy atom. The molecule has 1 heterocycles. The smallest absolute Gasteiger partial charge is 0.250 e. The molecule has 3 heteroatoms. The number of ether oxygens (including phenoxy) is 1. The van der Waals surface area contributed by atoms with E-state index in [9.17, 15) is 4.79 Å². The van der Waals surface area contributed by atoms with Crippen LogP contribution in [0.1, 0.15) is 26.2 Å². The quantitative estimate of drug-likeness (QED) is 0.710. The van der Waals surface area contributed by atoms with Crippen LogP contribution in [0.2, 0.25) is 0 Å². The summed E-state index contributed by atoms with van der Waals surface area (Å²) in [6.45, 7) is 2.82. The molecule has 0 aromatic heterocycles. The van der Waals surface area contributed by atoms with Crippen molar-refractivity contribution >= 4 is 5.91 Å². The average Bonchev–Trinajstić information content (AvgIpc) is 2.68. The molecule has 2 aliphatic rings. The summed E-state index contributed by atoms with van der Waals surface area (Å²) in [5.41, 5.74) is 0.793. The summed E-state index contributed by atoms with van der Waals surface area (Å²) in [5.74, 6) is 0.783. The third kappa shape index (κ3) is 1.85. The fourth-order valence-corrected chi connectivity index (χ4v) is 1.69. The van der Waals surface area contributed by atoms with Gasteiger partial charge in [0.25, 0.3) is 5.91 Å². The van der Waals surface area contributed by atoms with E-state index < -0.39 is 0 Å². The van der Waals surface area contributed by atoms with Crippen LogP contribution in [0.4, 0.5) is 0 Å². The van der Waals surface area contributed by atoms with Crippen molar-refractivity contribution in [1.82, 2.24) is 5.32 Å². The summed E-state index contributed by atoms with van der Waals surface area (Å²) in [6, 6.07) is 0.430. The van der Waals surface area contributed by atoms with Crippen LogP contribution < -0.4 is 5.32 Å². The lowest BCUT2D eigenvalue weighted by Crippen LogP contribution is -2.27. The molecule has 0 aromatic rings. The fraction of sp³-hybridized carbons (Fsp3) is 0.700. The molecule has 2 rings (SSSR count). The minimum atomic E-state index is 0.0680. The second-order valence-corrected chi connectivity index (χ2v) is 3.75. The van der Waals surface area contributed by atoms with Gasteiger partial charge in [-0.05, 0) is 12.3 Å². The van der Waals surface area contributed by atoms with E-state index in [2.05, 4.69) is 12.2 Å². The largest absolute Gasteiger partial charge is 0.500 e. The van der Waals surface area contributed by atoms with Gasteiger partial charge >= 0.3 is 0 Å². The van der Waals surface area contributed by atoms with E-state index >= 15 is 0 Å². The first-order chi connectivity index (χ1) is 6.31. The molecule has 72 valence electrons. The highest BCUT2D eigenvalue weighted by atomic mass is 16.5. The van der Waals surface area contributed by atoms with Gasteiger partial charge in [0.1, 0.15) is 0 Å². The van der Waals surface area contributed by atoms with Gasteiger partial charge in [-0.2, -0.15) is 0 Å². The van der Waals surface area contributed by atoms with Gasteiger partial charge in [0, 0.05) is 12.5 Å². The lowest BCUT2D eigenvalue weighted by atomic mass is 10.2. The number of hydrogen-bond acceptors (Lipinski definition) is 2. The third-order valence-electron chi connectivity index (χ3n) is 2.77. The third-order valence-corrected chi connectivity index (χ3v) is 2.77. The van der Waals surface area contributed by atoms with Crippen molar-refractivity contribution in [2.75, 3.05) is 6.61 Å². The number of amides is 1. The summed E-state index contributed by atoms with van der Waals surface area (Å²) in [4.78, 5) is 11.5. The van der Waals surface area contributed by atoms with Crippen LogP contribution in [-0.2, 0) is 9.53 Å². The van der Waals surface area contributed by atoms with Crippen LogP contribution in [0.5, 0.6) is 0 Å². The molecular formula is C10H15NO2. The first-order valence-corrected chi connectivity index (χ1v) is 4.92. The molecule has 1 amide bonds. The van der Waals surface area contributed by atoms with Gasteiger partial charge in [-0.3, -0.25) is 4.79 Å². The van der Waals surface area contributed by atoms with E-state index in [0.717, 1.165) is 18.4 Å². The average molecular weight is 181 g/mol. The van der Waals surface area contributed by atoms with E-state index in [1.165, 1.54) is 6.42 Å². The van der Waals surface area contributed by atoms with Crippen LogP contribution in [-0.4, -0.2) is 18.6 Å². The first kappa shape index (κ1) is 8.60. The summed E-state index contributed by atoms with van der Waals surface area (Å²) in [5, 5.41) is 3.01. The highest BCUT2D eigenvalue weighted by Gasteiger charge is 2.37. The Morgan fingerprint density at radius 1 is 1.77 bits per heavy atom. The van der Waals surface area contributed by atoms with Crippen molar-refractivity contribution in [1.29, 1.82) is 0 Å². The first-order valence-electron chi connectivity index (χ1n) is 4.92. The van der Waals surface area contributed by atoms with Crippen LogP contribution in [0, 0.1) is 5.92 Å².